The molecular weight excluding hydrogens is 452 g/mol. The zero-order chi connectivity index (χ0) is 22.3. The summed E-state index contributed by atoms with van der Waals surface area (Å²) in [5, 5.41) is 7.43. The van der Waals surface area contributed by atoms with E-state index in [1.54, 1.807) is 6.92 Å². The van der Waals surface area contributed by atoms with Gasteiger partial charge in [-0.1, -0.05) is 5.16 Å². The van der Waals surface area contributed by atoms with Crippen LogP contribution in [0.15, 0.2) is 33.7 Å². The third kappa shape index (κ3) is 3.85. The first-order chi connectivity index (χ1) is 15.4. The van der Waals surface area contributed by atoms with Gasteiger partial charge >= 0.3 is 0 Å². The van der Waals surface area contributed by atoms with Crippen LogP contribution in [-0.2, 0) is 27.8 Å². The van der Waals surface area contributed by atoms with Crippen LogP contribution in [0.1, 0.15) is 39.5 Å². The van der Waals surface area contributed by atoms with E-state index >= 15 is 0 Å². The van der Waals surface area contributed by atoms with Gasteiger partial charge in [0, 0.05) is 23.5 Å². The maximum Gasteiger partial charge on any atom is 0.261 e. The van der Waals surface area contributed by atoms with E-state index in [1.165, 1.54) is 39.9 Å². The normalized spacial score (nSPS) is 16.8. The Bertz CT molecular complexity index is 1260. The minimum absolute atomic E-state index is 0.196. The fourth-order valence-electron chi connectivity index (χ4n) is 3.98. The van der Waals surface area contributed by atoms with Crippen LogP contribution in [0.25, 0.3) is 11.5 Å². The number of carbonyl (C=O) groups excluding carboxylic acids is 1. The van der Waals surface area contributed by atoms with E-state index < -0.39 is 10.0 Å². The number of hydrogen-bond acceptors (Lipinski definition) is 8. The largest absolute Gasteiger partial charge is 0.376 e. The van der Waals surface area contributed by atoms with Crippen LogP contribution in [0, 0.1) is 6.92 Å². The van der Waals surface area contributed by atoms with Crippen LogP contribution < -0.4 is 5.32 Å². The topological polar surface area (TPSA) is 115 Å². The van der Waals surface area contributed by atoms with Crippen molar-refractivity contribution in [2.24, 2.45) is 0 Å². The number of carbonyl (C=O) groups is 1. The van der Waals surface area contributed by atoms with Gasteiger partial charge in [-0.05, 0) is 56.0 Å². The van der Waals surface area contributed by atoms with E-state index in [0.717, 1.165) is 28.8 Å². The maximum absolute atomic E-state index is 13.0. The predicted octanol–water partition coefficient (Wildman–Crippen LogP) is 3.22. The summed E-state index contributed by atoms with van der Waals surface area (Å²) in [6, 6.07) is 6.03. The van der Waals surface area contributed by atoms with Crippen molar-refractivity contribution in [2.45, 2.75) is 37.7 Å². The third-order valence-corrected chi connectivity index (χ3v) is 8.64. The number of fused-ring (bicyclic) bond motifs is 1. The molecule has 0 radical (unpaired) electrons. The molecule has 0 spiro atoms. The number of aromatic nitrogens is 2. The Morgan fingerprint density at radius 3 is 2.62 bits per heavy atom. The average molecular weight is 475 g/mol. The Morgan fingerprint density at radius 1 is 1.19 bits per heavy atom. The highest BCUT2D eigenvalue weighted by molar-refractivity contribution is 7.89. The number of amides is 1. The number of nitrogens with one attached hydrogen (secondary N) is 1. The molecule has 1 fully saturated rings. The number of benzene rings is 1. The Labute approximate surface area is 189 Å². The molecular formula is C21H22N4O5S2. The van der Waals surface area contributed by atoms with Crippen LogP contribution >= 0.6 is 11.3 Å². The van der Waals surface area contributed by atoms with Crippen LogP contribution in [0.2, 0.25) is 0 Å². The van der Waals surface area contributed by atoms with Gasteiger partial charge in [0.05, 0.1) is 23.7 Å². The lowest BCUT2D eigenvalue weighted by Gasteiger charge is -2.15. The summed E-state index contributed by atoms with van der Waals surface area (Å²) in [5.41, 5.74) is 2.14. The SMILES string of the molecule is Cc1noc(-c2c(NC(=O)c3ccc(S(=O)(=O)N4CCCC4)cc3)sc3c2CCOC3)n1. The third-order valence-electron chi connectivity index (χ3n) is 5.61. The molecule has 0 bridgehead atoms. The first-order valence-electron chi connectivity index (χ1n) is 10.4. The molecule has 1 saturated heterocycles. The van der Waals surface area contributed by atoms with Crippen molar-refractivity contribution in [3.05, 3.63) is 46.1 Å². The molecule has 1 amide bonds. The molecule has 0 aliphatic carbocycles. The standard InChI is InChI=1S/C21H22N4O5S2/c1-13-22-20(30-24-13)18-16-8-11-29-12-17(16)31-21(18)23-19(26)14-4-6-15(7-5-14)32(27,28)25-9-2-3-10-25/h4-7H,2-3,8-12H2,1H3,(H,23,26). The van der Waals surface area contributed by atoms with Crippen molar-refractivity contribution in [2.75, 3.05) is 25.0 Å². The van der Waals surface area contributed by atoms with E-state index in [2.05, 4.69) is 15.5 Å². The predicted molar refractivity (Wildman–Crippen MR) is 118 cm³/mol. The first kappa shape index (κ1) is 21.3. The van der Waals surface area contributed by atoms with Gasteiger partial charge < -0.3 is 14.6 Å². The Balaban J connectivity index is 1.41. The molecule has 2 aliphatic rings. The molecule has 3 aromatic rings. The lowest BCUT2D eigenvalue weighted by molar-refractivity contribution is 0.102. The van der Waals surface area contributed by atoms with Crippen molar-refractivity contribution in [1.82, 2.24) is 14.4 Å². The molecule has 32 heavy (non-hydrogen) atoms. The number of sulfonamides is 1. The number of anilines is 1. The van der Waals surface area contributed by atoms with Crippen molar-refractivity contribution < 1.29 is 22.5 Å². The lowest BCUT2D eigenvalue weighted by Crippen LogP contribution is -2.27. The number of ether oxygens (including phenoxy) is 1. The minimum atomic E-state index is -3.52. The van der Waals surface area contributed by atoms with Gasteiger partial charge in [0.15, 0.2) is 5.82 Å². The highest BCUT2D eigenvalue weighted by atomic mass is 32.2. The summed E-state index contributed by atoms with van der Waals surface area (Å²) < 4.78 is 37.9. The molecule has 11 heteroatoms. The van der Waals surface area contributed by atoms with Crippen molar-refractivity contribution in [1.29, 1.82) is 0 Å². The fourth-order valence-corrected chi connectivity index (χ4v) is 6.67. The average Bonchev–Trinajstić information content (AvgIpc) is 3.53. The number of thiophene rings is 1. The summed E-state index contributed by atoms with van der Waals surface area (Å²) in [5.74, 6) is 0.537. The Kier molecular flexibility index (Phi) is 5.58. The summed E-state index contributed by atoms with van der Waals surface area (Å²) in [7, 11) is -3.52. The van der Waals surface area contributed by atoms with Gasteiger partial charge in [-0.3, -0.25) is 4.79 Å². The van der Waals surface area contributed by atoms with Gasteiger partial charge in [-0.25, -0.2) is 8.42 Å². The fraction of sp³-hybridized carbons (Fsp3) is 0.381. The summed E-state index contributed by atoms with van der Waals surface area (Å²) in [4.78, 5) is 18.5. The molecule has 1 N–H and O–H groups in total. The molecule has 9 nitrogen and oxygen atoms in total. The highest BCUT2D eigenvalue weighted by Gasteiger charge is 2.29. The van der Waals surface area contributed by atoms with Gasteiger partial charge in [-0.2, -0.15) is 9.29 Å². The molecule has 0 unspecified atom stereocenters. The Morgan fingerprint density at radius 2 is 1.94 bits per heavy atom. The maximum atomic E-state index is 13.0. The lowest BCUT2D eigenvalue weighted by atomic mass is 10.1. The second-order valence-electron chi connectivity index (χ2n) is 7.75. The van der Waals surface area contributed by atoms with Gasteiger partial charge in [0.1, 0.15) is 5.00 Å². The molecule has 2 aliphatic heterocycles. The van der Waals surface area contributed by atoms with Crippen LogP contribution in [-0.4, -0.2) is 48.5 Å². The van der Waals surface area contributed by atoms with E-state index in [9.17, 15) is 13.2 Å². The number of rotatable bonds is 5. The quantitative estimate of drug-likeness (QED) is 0.604. The number of aryl methyl sites for hydroxylation is 1. The first-order valence-corrected chi connectivity index (χ1v) is 12.6. The van der Waals surface area contributed by atoms with E-state index in [-0.39, 0.29) is 10.8 Å². The van der Waals surface area contributed by atoms with Crippen molar-refractivity contribution in [3.8, 4) is 11.5 Å². The van der Waals surface area contributed by atoms with Crippen LogP contribution in [0.5, 0.6) is 0 Å². The van der Waals surface area contributed by atoms with Crippen LogP contribution in [0.3, 0.4) is 0 Å². The summed E-state index contributed by atoms with van der Waals surface area (Å²) in [6.07, 6.45) is 2.44. The molecule has 4 heterocycles. The second-order valence-corrected chi connectivity index (χ2v) is 10.8. The van der Waals surface area contributed by atoms with Gasteiger partial charge in [-0.15, -0.1) is 11.3 Å². The van der Waals surface area contributed by atoms with E-state index in [4.69, 9.17) is 9.26 Å². The summed E-state index contributed by atoms with van der Waals surface area (Å²) in [6.45, 7) is 3.87. The zero-order valence-corrected chi connectivity index (χ0v) is 19.1. The van der Waals surface area contributed by atoms with Gasteiger partial charge in [0.2, 0.25) is 10.0 Å². The number of nitrogens with zero attached hydrogens (tertiary/aromatic N) is 3. The highest BCUT2D eigenvalue weighted by Crippen LogP contribution is 2.42. The van der Waals surface area contributed by atoms with Crippen molar-refractivity contribution >= 4 is 32.3 Å². The number of hydrogen-bond donors (Lipinski definition) is 1. The van der Waals surface area contributed by atoms with E-state index in [0.29, 0.717) is 55.0 Å². The minimum Gasteiger partial charge on any atom is -0.376 e. The molecule has 5 rings (SSSR count). The molecule has 2 aromatic heterocycles. The Hall–Kier alpha value is -2.60. The summed E-state index contributed by atoms with van der Waals surface area (Å²) >= 11 is 1.43. The zero-order valence-electron chi connectivity index (χ0n) is 17.5. The molecule has 1 aromatic carbocycles. The second kappa shape index (κ2) is 8.39. The van der Waals surface area contributed by atoms with Crippen LogP contribution in [0.4, 0.5) is 5.00 Å². The molecule has 0 saturated carbocycles. The van der Waals surface area contributed by atoms with Gasteiger partial charge in [0.25, 0.3) is 11.8 Å². The monoisotopic (exact) mass is 474 g/mol. The molecule has 0 atom stereocenters. The smallest absolute Gasteiger partial charge is 0.261 e. The molecule has 168 valence electrons. The van der Waals surface area contributed by atoms with E-state index in [1.807, 2.05) is 0 Å². The van der Waals surface area contributed by atoms with Crippen molar-refractivity contribution in [3.63, 3.8) is 0 Å².